The second kappa shape index (κ2) is 6.34. The highest BCUT2D eigenvalue weighted by Crippen LogP contribution is 2.27. The molecule has 0 amide bonds. The standard InChI is InChI=1S/C13H20ClFN2/c1-4-9(2)17(3)12(8-16)10-6-5-7-11(14)13(10)15/h5-7,9,12H,4,8,16H2,1-3H3. The Morgan fingerprint density at radius 2 is 2.12 bits per heavy atom. The Morgan fingerprint density at radius 1 is 1.47 bits per heavy atom. The van der Waals surface area contributed by atoms with Gasteiger partial charge in [-0.15, -0.1) is 0 Å². The Bertz CT molecular complexity index is 370. The van der Waals surface area contributed by atoms with Gasteiger partial charge in [-0.1, -0.05) is 30.7 Å². The molecule has 17 heavy (non-hydrogen) atoms. The van der Waals surface area contributed by atoms with Crippen LogP contribution in [-0.2, 0) is 0 Å². The van der Waals surface area contributed by atoms with E-state index >= 15 is 0 Å². The molecule has 1 aromatic rings. The number of likely N-dealkylation sites (N-methyl/N-ethyl adjacent to an activating group) is 1. The third-order valence-electron chi connectivity index (χ3n) is 3.34. The summed E-state index contributed by atoms with van der Waals surface area (Å²) in [5.41, 5.74) is 6.34. The normalized spacial score (nSPS) is 15.0. The summed E-state index contributed by atoms with van der Waals surface area (Å²) in [4.78, 5) is 2.09. The first-order chi connectivity index (χ1) is 8.02. The molecule has 1 aromatic carbocycles. The molecule has 2 nitrogen and oxygen atoms in total. The van der Waals surface area contributed by atoms with Crippen molar-refractivity contribution in [3.63, 3.8) is 0 Å². The minimum Gasteiger partial charge on any atom is -0.329 e. The predicted molar refractivity (Wildman–Crippen MR) is 70.7 cm³/mol. The summed E-state index contributed by atoms with van der Waals surface area (Å²) in [6.07, 6.45) is 0.995. The summed E-state index contributed by atoms with van der Waals surface area (Å²) in [6.45, 7) is 4.58. The Balaban J connectivity index is 3.05. The highest BCUT2D eigenvalue weighted by molar-refractivity contribution is 6.30. The third-order valence-corrected chi connectivity index (χ3v) is 3.63. The molecule has 0 bridgehead atoms. The second-order valence-electron chi connectivity index (χ2n) is 4.32. The van der Waals surface area contributed by atoms with Crippen LogP contribution in [-0.4, -0.2) is 24.5 Å². The Kier molecular flexibility index (Phi) is 5.37. The quantitative estimate of drug-likeness (QED) is 0.879. The lowest BCUT2D eigenvalue weighted by Crippen LogP contribution is -2.37. The van der Waals surface area contributed by atoms with Gasteiger partial charge in [0.25, 0.3) is 0 Å². The fraction of sp³-hybridized carbons (Fsp3) is 0.538. The van der Waals surface area contributed by atoms with E-state index in [1.54, 1.807) is 18.2 Å². The maximum atomic E-state index is 14.0. The summed E-state index contributed by atoms with van der Waals surface area (Å²) in [5, 5.41) is 0.151. The van der Waals surface area contributed by atoms with Gasteiger partial charge in [-0.05, 0) is 26.5 Å². The van der Waals surface area contributed by atoms with Crippen molar-refractivity contribution in [3.8, 4) is 0 Å². The van der Waals surface area contributed by atoms with Crippen LogP contribution < -0.4 is 5.73 Å². The molecule has 0 heterocycles. The van der Waals surface area contributed by atoms with Crippen molar-refractivity contribution < 1.29 is 4.39 Å². The lowest BCUT2D eigenvalue weighted by molar-refractivity contribution is 0.181. The van der Waals surface area contributed by atoms with Crippen LogP contribution in [0, 0.1) is 5.82 Å². The molecule has 4 heteroatoms. The van der Waals surface area contributed by atoms with E-state index in [0.29, 0.717) is 18.2 Å². The van der Waals surface area contributed by atoms with Gasteiger partial charge in [0.2, 0.25) is 0 Å². The lowest BCUT2D eigenvalue weighted by Gasteiger charge is -2.32. The molecule has 0 aliphatic carbocycles. The molecule has 0 aromatic heterocycles. The molecule has 0 spiro atoms. The van der Waals surface area contributed by atoms with Crippen LogP contribution in [0.5, 0.6) is 0 Å². The van der Waals surface area contributed by atoms with E-state index in [1.807, 2.05) is 7.05 Å². The number of halogens is 2. The van der Waals surface area contributed by atoms with Crippen LogP contribution in [0.3, 0.4) is 0 Å². The summed E-state index contributed by atoms with van der Waals surface area (Å²) in [6, 6.07) is 5.27. The van der Waals surface area contributed by atoms with Crippen LogP contribution in [0.15, 0.2) is 18.2 Å². The third kappa shape index (κ3) is 3.18. The minimum atomic E-state index is -0.361. The average molecular weight is 259 g/mol. The maximum absolute atomic E-state index is 14.0. The molecular formula is C13H20ClFN2. The van der Waals surface area contributed by atoms with Gasteiger partial charge in [0.1, 0.15) is 5.82 Å². The number of hydrogen-bond donors (Lipinski definition) is 1. The smallest absolute Gasteiger partial charge is 0.146 e. The molecule has 0 saturated heterocycles. The van der Waals surface area contributed by atoms with Crippen molar-refractivity contribution in [3.05, 3.63) is 34.6 Å². The van der Waals surface area contributed by atoms with E-state index in [2.05, 4.69) is 18.7 Å². The summed E-state index contributed by atoms with van der Waals surface area (Å²) in [5.74, 6) is -0.361. The molecular weight excluding hydrogens is 239 g/mol. The molecule has 2 N–H and O–H groups in total. The van der Waals surface area contributed by atoms with Crippen molar-refractivity contribution in [2.75, 3.05) is 13.6 Å². The van der Waals surface area contributed by atoms with E-state index in [1.165, 1.54) is 0 Å². The largest absolute Gasteiger partial charge is 0.329 e. The number of nitrogens with zero attached hydrogens (tertiary/aromatic N) is 1. The zero-order chi connectivity index (χ0) is 13.0. The van der Waals surface area contributed by atoms with Crippen molar-refractivity contribution in [1.29, 1.82) is 0 Å². The first-order valence-corrected chi connectivity index (χ1v) is 6.26. The molecule has 1 rings (SSSR count). The first kappa shape index (κ1) is 14.4. The summed E-state index contributed by atoms with van der Waals surface area (Å²) < 4.78 is 14.0. The van der Waals surface area contributed by atoms with Crippen molar-refractivity contribution in [2.45, 2.75) is 32.4 Å². The van der Waals surface area contributed by atoms with Gasteiger partial charge in [0.15, 0.2) is 0 Å². The number of hydrogen-bond acceptors (Lipinski definition) is 2. The molecule has 0 aliphatic heterocycles. The fourth-order valence-corrected chi connectivity index (χ4v) is 2.07. The zero-order valence-electron chi connectivity index (χ0n) is 10.6. The number of rotatable bonds is 5. The maximum Gasteiger partial charge on any atom is 0.146 e. The van der Waals surface area contributed by atoms with Crippen LogP contribution in [0.25, 0.3) is 0 Å². The summed E-state index contributed by atoms with van der Waals surface area (Å²) in [7, 11) is 1.96. The minimum absolute atomic E-state index is 0.136. The first-order valence-electron chi connectivity index (χ1n) is 5.88. The fourth-order valence-electron chi connectivity index (χ4n) is 1.89. The highest BCUT2D eigenvalue weighted by Gasteiger charge is 2.22. The average Bonchev–Trinajstić information content (AvgIpc) is 2.34. The molecule has 0 fully saturated rings. The van der Waals surface area contributed by atoms with Crippen LogP contribution in [0.2, 0.25) is 5.02 Å². The van der Waals surface area contributed by atoms with Gasteiger partial charge in [0, 0.05) is 24.2 Å². The molecule has 2 atom stereocenters. The molecule has 2 unspecified atom stereocenters. The SMILES string of the molecule is CCC(C)N(C)C(CN)c1cccc(Cl)c1F. The molecule has 0 aliphatic rings. The molecule has 0 radical (unpaired) electrons. The van der Waals surface area contributed by atoms with Crippen LogP contribution in [0.1, 0.15) is 31.9 Å². The molecule has 0 saturated carbocycles. The Morgan fingerprint density at radius 3 is 2.65 bits per heavy atom. The van der Waals surface area contributed by atoms with Crippen molar-refractivity contribution >= 4 is 11.6 Å². The number of nitrogens with two attached hydrogens (primary N) is 1. The Labute approximate surface area is 108 Å². The summed E-state index contributed by atoms with van der Waals surface area (Å²) >= 11 is 5.80. The van der Waals surface area contributed by atoms with Gasteiger partial charge in [0.05, 0.1) is 5.02 Å². The van der Waals surface area contributed by atoms with Crippen molar-refractivity contribution in [1.82, 2.24) is 4.90 Å². The van der Waals surface area contributed by atoms with Gasteiger partial charge in [-0.2, -0.15) is 0 Å². The van der Waals surface area contributed by atoms with Gasteiger partial charge >= 0.3 is 0 Å². The van der Waals surface area contributed by atoms with E-state index < -0.39 is 0 Å². The van der Waals surface area contributed by atoms with Gasteiger partial charge in [-0.25, -0.2) is 4.39 Å². The van der Waals surface area contributed by atoms with E-state index in [0.717, 1.165) is 6.42 Å². The Hall–Kier alpha value is -0.640. The van der Waals surface area contributed by atoms with Gasteiger partial charge in [-0.3, -0.25) is 4.90 Å². The van der Waals surface area contributed by atoms with Crippen molar-refractivity contribution in [2.24, 2.45) is 5.73 Å². The topological polar surface area (TPSA) is 29.3 Å². The molecule has 96 valence electrons. The van der Waals surface area contributed by atoms with E-state index in [9.17, 15) is 4.39 Å². The highest BCUT2D eigenvalue weighted by atomic mass is 35.5. The van der Waals surface area contributed by atoms with E-state index in [4.69, 9.17) is 17.3 Å². The zero-order valence-corrected chi connectivity index (χ0v) is 11.3. The predicted octanol–water partition coefficient (Wildman–Crippen LogP) is 3.21. The monoisotopic (exact) mass is 258 g/mol. The van der Waals surface area contributed by atoms with Crippen LogP contribution >= 0.6 is 11.6 Å². The number of benzene rings is 1. The second-order valence-corrected chi connectivity index (χ2v) is 4.72. The van der Waals surface area contributed by atoms with E-state index in [-0.39, 0.29) is 16.9 Å². The van der Waals surface area contributed by atoms with Gasteiger partial charge < -0.3 is 5.73 Å². The lowest BCUT2D eigenvalue weighted by atomic mass is 10.0. The van der Waals surface area contributed by atoms with Crippen LogP contribution in [0.4, 0.5) is 4.39 Å².